The van der Waals surface area contributed by atoms with Crippen molar-refractivity contribution in [2.75, 3.05) is 58.4 Å². The highest BCUT2D eigenvalue weighted by Gasteiger charge is 2.46. The number of pyridine rings is 1. The summed E-state index contributed by atoms with van der Waals surface area (Å²) in [4.78, 5) is 65.0. The lowest BCUT2D eigenvalue weighted by molar-refractivity contribution is -0.155. The third-order valence-corrected chi connectivity index (χ3v) is 14.8. The summed E-state index contributed by atoms with van der Waals surface area (Å²) in [5.41, 5.74) is 9.57. The van der Waals surface area contributed by atoms with Crippen molar-refractivity contribution in [2.45, 2.75) is 95.9 Å². The van der Waals surface area contributed by atoms with Crippen molar-refractivity contribution >= 4 is 45.7 Å². The quantitative estimate of drug-likeness (QED) is 0.192. The molecule has 0 spiro atoms. The molecule has 66 heavy (non-hydrogen) atoms. The number of alkyl halides is 2. The van der Waals surface area contributed by atoms with Crippen LogP contribution in [0.4, 0.5) is 14.5 Å². The Morgan fingerprint density at radius 3 is 2.62 bits per heavy atom. The number of aromatic nitrogens is 5. The Morgan fingerprint density at radius 2 is 1.85 bits per heavy atom. The van der Waals surface area contributed by atoms with Crippen LogP contribution in [0.2, 0.25) is 0 Å². The normalized spacial score (nSPS) is 24.7. The molecule has 3 fully saturated rings. The number of rotatable bonds is 7. The summed E-state index contributed by atoms with van der Waals surface area (Å²) < 4.78 is 46.5. The second kappa shape index (κ2) is 17.3. The molecule has 1 aromatic carbocycles. The van der Waals surface area contributed by atoms with Gasteiger partial charge in [0.15, 0.2) is 0 Å². The summed E-state index contributed by atoms with van der Waals surface area (Å²) in [5.74, 6) is -4.63. The number of amides is 2. The number of hydrogen-bond acceptors (Lipinski definition) is 13. The van der Waals surface area contributed by atoms with Crippen LogP contribution in [0.15, 0.2) is 48.5 Å². The van der Waals surface area contributed by atoms with Crippen LogP contribution in [0.1, 0.15) is 79.4 Å². The van der Waals surface area contributed by atoms with Gasteiger partial charge in [0.25, 0.3) is 11.8 Å². The zero-order valence-corrected chi connectivity index (χ0v) is 38.8. The van der Waals surface area contributed by atoms with E-state index < -0.39 is 48.5 Å². The van der Waals surface area contributed by atoms with E-state index >= 15 is 8.78 Å². The summed E-state index contributed by atoms with van der Waals surface area (Å²) in [6.07, 6.45) is 7.87. The molecule has 4 aromatic heterocycles. The lowest BCUT2D eigenvalue weighted by atomic mass is 9.84. The van der Waals surface area contributed by atoms with Gasteiger partial charge in [0.1, 0.15) is 18.4 Å². The first kappa shape index (κ1) is 44.4. The Kier molecular flexibility index (Phi) is 11.7. The van der Waals surface area contributed by atoms with Gasteiger partial charge in [-0.15, -0.1) is 11.3 Å². The van der Waals surface area contributed by atoms with Crippen molar-refractivity contribution in [2.24, 2.45) is 11.3 Å². The molecule has 5 atom stereocenters. The van der Waals surface area contributed by atoms with Gasteiger partial charge in [-0.2, -0.15) is 0 Å². The van der Waals surface area contributed by atoms with E-state index in [-0.39, 0.29) is 36.7 Å². The highest BCUT2D eigenvalue weighted by Crippen LogP contribution is 2.49. The number of anilines is 1. The lowest BCUT2D eigenvalue weighted by Crippen LogP contribution is -2.60. The van der Waals surface area contributed by atoms with Crippen LogP contribution in [0, 0.1) is 11.3 Å². The zero-order valence-electron chi connectivity index (χ0n) is 38.0. The maximum Gasteiger partial charge on any atom is 0.324 e. The molecule has 2 saturated heterocycles. The Balaban J connectivity index is 1.10. The number of nitrogens with zero attached hydrogens (tertiary/aromatic N) is 8. The Labute approximate surface area is 386 Å². The summed E-state index contributed by atoms with van der Waals surface area (Å²) in [6, 6.07) is 4.15. The number of methoxy groups -OCH3 is 1. The van der Waals surface area contributed by atoms with Crippen LogP contribution >= 0.6 is 11.3 Å². The number of halogens is 2. The van der Waals surface area contributed by atoms with E-state index in [9.17, 15) is 14.4 Å². The second-order valence-electron chi connectivity index (χ2n) is 19.5. The minimum Gasteiger partial charge on any atom is -0.464 e. The fourth-order valence-electron chi connectivity index (χ4n) is 10.2. The van der Waals surface area contributed by atoms with Crippen LogP contribution in [0.25, 0.3) is 33.4 Å². The van der Waals surface area contributed by atoms with Gasteiger partial charge < -0.3 is 29.2 Å². The fraction of sp³-hybridized carbons (Fsp3) is 0.521. The third kappa shape index (κ3) is 8.68. The maximum absolute atomic E-state index is 16.4. The van der Waals surface area contributed by atoms with Crippen LogP contribution in [-0.4, -0.2) is 124 Å². The molecule has 4 aliphatic heterocycles. The number of piperazine rings is 1. The van der Waals surface area contributed by atoms with Gasteiger partial charge in [-0.1, -0.05) is 13.8 Å². The molecule has 2 amide bonds. The predicted octanol–water partition coefficient (Wildman–Crippen LogP) is 5.72. The number of likely N-dealkylation sites (N-methyl/N-ethyl adjacent to an activating group) is 1. The molecule has 8 heterocycles. The first-order valence-corrected chi connectivity index (χ1v) is 23.8. The van der Waals surface area contributed by atoms with Crippen molar-refractivity contribution in [1.29, 1.82) is 0 Å². The molecule has 348 valence electrons. The monoisotopic (exact) mass is 922 g/mol. The van der Waals surface area contributed by atoms with E-state index in [4.69, 9.17) is 19.4 Å². The Morgan fingerprint density at radius 1 is 1.06 bits per heavy atom. The van der Waals surface area contributed by atoms with E-state index in [1.165, 1.54) is 22.7 Å². The van der Waals surface area contributed by atoms with Crippen LogP contribution < -0.4 is 15.6 Å². The van der Waals surface area contributed by atoms with Crippen molar-refractivity contribution < 1.29 is 32.6 Å². The van der Waals surface area contributed by atoms with Crippen LogP contribution in [0.3, 0.4) is 0 Å². The minimum absolute atomic E-state index is 0.0246. The minimum atomic E-state index is -3.08. The van der Waals surface area contributed by atoms with Gasteiger partial charge in [0.2, 0.25) is 5.91 Å². The molecule has 5 aromatic rings. The molecule has 1 aliphatic carbocycles. The number of fused-ring (bicyclic) bond motifs is 6. The average Bonchev–Trinajstić information content (AvgIpc) is 3.89. The third-order valence-electron chi connectivity index (χ3n) is 13.9. The number of thiazole rings is 1. The molecule has 0 unspecified atom stereocenters. The van der Waals surface area contributed by atoms with Gasteiger partial charge >= 0.3 is 5.97 Å². The number of nitrogens with one attached hydrogen (secondary N) is 2. The zero-order chi connectivity index (χ0) is 46.1. The van der Waals surface area contributed by atoms with Gasteiger partial charge in [0, 0.05) is 98.3 Å². The van der Waals surface area contributed by atoms with Crippen LogP contribution in [-0.2, 0) is 49.7 Å². The molecule has 0 radical (unpaired) electrons. The van der Waals surface area contributed by atoms with Gasteiger partial charge in [-0.25, -0.2) is 29.2 Å². The largest absolute Gasteiger partial charge is 0.464 e. The number of benzene rings is 1. The molecule has 6 bridgehead atoms. The van der Waals surface area contributed by atoms with Gasteiger partial charge in [0.05, 0.1) is 58.7 Å². The van der Waals surface area contributed by atoms with Gasteiger partial charge in [-0.3, -0.25) is 24.4 Å². The van der Waals surface area contributed by atoms with Crippen molar-refractivity contribution in [1.82, 2.24) is 45.2 Å². The Bertz CT molecular complexity index is 2680. The Hall–Kier alpha value is -5.43. The summed E-state index contributed by atoms with van der Waals surface area (Å²) in [6.45, 7) is 9.15. The van der Waals surface area contributed by atoms with E-state index in [1.54, 1.807) is 24.1 Å². The summed E-state index contributed by atoms with van der Waals surface area (Å²) in [7, 11) is 3.73. The average molecular weight is 923 g/mol. The summed E-state index contributed by atoms with van der Waals surface area (Å²) >= 11 is 1.35. The first-order valence-electron chi connectivity index (χ1n) is 22.9. The maximum atomic E-state index is 16.4. The first-order chi connectivity index (χ1) is 31.6. The smallest absolute Gasteiger partial charge is 0.324 e. The number of cyclic esters (lactones) is 1. The highest BCUT2D eigenvalue weighted by molar-refractivity contribution is 7.10. The predicted molar refractivity (Wildman–Crippen MR) is 245 cm³/mol. The number of carbonyl (C=O) groups excluding carboxylic acids is 3. The molecule has 15 nitrogen and oxygen atoms in total. The van der Waals surface area contributed by atoms with Gasteiger partial charge in [-0.05, 0) is 80.5 Å². The van der Waals surface area contributed by atoms with E-state index in [0.717, 1.165) is 59.5 Å². The number of carbonyl (C=O) groups is 3. The number of hydrazine groups is 1. The SMILES string of the molecule is CO[C@@H](C)c1ncc(N2CCN(C)CC2)cc1-c1c2c3cc(cc4c3n1CC(F)(F)C4)-c1csc(n1)C[C@H](NC(=O)[C@H]1C[C@@H]1c1cncnc1)C(=O)N1CCC[C@H](N1)C(=O)OCC(C)(C)C2. The van der Waals surface area contributed by atoms with Crippen molar-refractivity contribution in [3.8, 4) is 22.5 Å². The molecule has 1 saturated carbocycles. The summed E-state index contributed by atoms with van der Waals surface area (Å²) in [5, 5.41) is 7.75. The number of ether oxygens (including phenoxy) is 2. The molecular formula is C48H56F2N10O5S. The number of esters is 1. The van der Waals surface area contributed by atoms with E-state index in [1.807, 2.05) is 44.5 Å². The van der Waals surface area contributed by atoms with E-state index in [2.05, 4.69) is 43.6 Å². The topological polar surface area (TPSA) is 160 Å². The second-order valence-corrected chi connectivity index (χ2v) is 20.5. The van der Waals surface area contributed by atoms with Crippen molar-refractivity contribution in [3.63, 3.8) is 0 Å². The van der Waals surface area contributed by atoms with E-state index in [0.29, 0.717) is 65.4 Å². The molecule has 18 heteroatoms. The molecule has 2 N–H and O–H groups in total. The molecule has 10 rings (SSSR count). The van der Waals surface area contributed by atoms with Crippen molar-refractivity contribution in [3.05, 3.63) is 75.9 Å². The lowest BCUT2D eigenvalue weighted by Gasteiger charge is -2.35. The number of hydrogen-bond donors (Lipinski definition) is 2. The fourth-order valence-corrected chi connectivity index (χ4v) is 11.1. The van der Waals surface area contributed by atoms with Crippen LogP contribution in [0.5, 0.6) is 0 Å². The standard InChI is InChI=1S/C48H56F2N10O5S/c1-27(64-5)41-35(15-31(22-53-41)58-11-9-57(4)10-12-58)43-36-19-47(2,3)25-65-46(63)37-7-6-8-60(56-37)45(62)38(55-44(61)34-16-32(34)30-20-51-26-52-21-30)17-40-54-39(23-66-40)28-13-29-18-48(49,50)24-59(43)42(29)33(36)14-28/h13-15,20-23,26-27,32,34,37-38,56H,6-12,16-19,24-25H2,1-5H3,(H,55,61)/t27-,32+,34-,37-,38-/m0/s1. The highest BCUT2D eigenvalue weighted by atomic mass is 32.1. The molecular weight excluding hydrogens is 867 g/mol. The molecule has 5 aliphatic rings.